The molecule has 1 aliphatic heterocycles. The molecular weight excluding hydrogens is 295 g/mol. The van der Waals surface area contributed by atoms with Crippen LogP contribution in [0.4, 0.5) is 0 Å². The second-order valence-corrected chi connectivity index (χ2v) is 6.06. The first-order chi connectivity index (χ1) is 11.8. The van der Waals surface area contributed by atoms with E-state index in [0.717, 1.165) is 23.0 Å². The van der Waals surface area contributed by atoms with Crippen LogP contribution in [0, 0.1) is 0 Å². The first-order valence-electron chi connectivity index (χ1n) is 8.43. The van der Waals surface area contributed by atoms with Gasteiger partial charge in [-0.3, -0.25) is 0 Å². The summed E-state index contributed by atoms with van der Waals surface area (Å²) in [6, 6.07) is 20.6. The number of hydrogen-bond acceptors (Lipinski definition) is 2. The van der Waals surface area contributed by atoms with Gasteiger partial charge >= 0.3 is 7.12 Å². The number of allylic oxidation sites excluding steroid dienone is 3. The molecule has 2 aliphatic rings. The molecule has 118 valence electrons. The minimum absolute atomic E-state index is 0.119. The third-order valence-electron chi connectivity index (χ3n) is 4.48. The van der Waals surface area contributed by atoms with Crippen LogP contribution in [-0.4, -0.2) is 7.12 Å². The Bertz CT molecular complexity index is 757. The lowest BCUT2D eigenvalue weighted by atomic mass is 9.80. The lowest BCUT2D eigenvalue weighted by Crippen LogP contribution is -2.16. The van der Waals surface area contributed by atoms with Crippen LogP contribution in [0.1, 0.15) is 36.7 Å². The van der Waals surface area contributed by atoms with E-state index in [1.165, 1.54) is 5.57 Å². The topological polar surface area (TPSA) is 18.5 Å². The predicted octanol–water partition coefficient (Wildman–Crippen LogP) is 4.97. The normalized spacial score (nSPS) is 22.6. The van der Waals surface area contributed by atoms with Crippen molar-refractivity contribution in [3.63, 3.8) is 0 Å². The predicted molar refractivity (Wildman–Crippen MR) is 96.3 cm³/mol. The Balaban J connectivity index is 1.68. The highest BCUT2D eigenvalue weighted by Crippen LogP contribution is 2.43. The first kappa shape index (κ1) is 15.2. The molecule has 1 heterocycles. The van der Waals surface area contributed by atoms with E-state index in [4.69, 9.17) is 9.31 Å². The van der Waals surface area contributed by atoms with E-state index in [1.54, 1.807) is 0 Å². The quantitative estimate of drug-likeness (QED) is 0.585. The van der Waals surface area contributed by atoms with Crippen molar-refractivity contribution in [3.05, 3.63) is 101 Å². The van der Waals surface area contributed by atoms with E-state index < -0.39 is 0 Å². The maximum atomic E-state index is 6.30. The number of rotatable bonds is 4. The highest BCUT2D eigenvalue weighted by Gasteiger charge is 2.43. The molecule has 2 aromatic carbocycles. The molecule has 0 radical (unpaired) electrons. The largest absolute Gasteiger partial charge is 0.503 e. The van der Waals surface area contributed by atoms with Crippen molar-refractivity contribution in [3.8, 4) is 0 Å². The molecule has 2 atom stereocenters. The summed E-state index contributed by atoms with van der Waals surface area (Å²) in [6.07, 6.45) is 4.88. The van der Waals surface area contributed by atoms with Gasteiger partial charge in [0.15, 0.2) is 0 Å². The Hall–Kier alpha value is -2.32. The van der Waals surface area contributed by atoms with Crippen LogP contribution in [-0.2, 0) is 9.31 Å². The number of hydrogen-bond donors (Lipinski definition) is 0. The van der Waals surface area contributed by atoms with Crippen LogP contribution < -0.4 is 0 Å². The van der Waals surface area contributed by atoms with E-state index in [-0.39, 0.29) is 19.3 Å². The summed E-state index contributed by atoms with van der Waals surface area (Å²) in [5.74, 6) is 0. The van der Waals surface area contributed by atoms with Crippen LogP contribution >= 0.6 is 0 Å². The smallest absolute Gasteiger partial charge is 0.397 e. The second-order valence-electron chi connectivity index (χ2n) is 6.06. The fourth-order valence-electron chi connectivity index (χ4n) is 3.18. The summed E-state index contributed by atoms with van der Waals surface area (Å²) in [5.41, 5.74) is 7.84. The molecule has 0 bridgehead atoms. The summed E-state index contributed by atoms with van der Waals surface area (Å²) in [6.45, 7) is 2.13. The van der Waals surface area contributed by atoms with E-state index >= 15 is 0 Å². The molecule has 0 saturated carbocycles. The highest BCUT2D eigenvalue weighted by atomic mass is 16.7. The molecule has 2 aromatic rings. The summed E-state index contributed by atoms with van der Waals surface area (Å²) < 4.78 is 12.6. The lowest BCUT2D eigenvalue weighted by Gasteiger charge is -2.19. The van der Waals surface area contributed by atoms with Gasteiger partial charge in [0.1, 0.15) is 0 Å². The highest BCUT2D eigenvalue weighted by molar-refractivity contribution is 6.55. The van der Waals surface area contributed by atoms with Gasteiger partial charge < -0.3 is 9.31 Å². The maximum Gasteiger partial charge on any atom is 0.503 e. The molecule has 0 N–H and O–H groups in total. The van der Waals surface area contributed by atoms with Crippen LogP contribution in [0.2, 0.25) is 0 Å². The average molecular weight is 314 g/mol. The monoisotopic (exact) mass is 314 g/mol. The van der Waals surface area contributed by atoms with Gasteiger partial charge in [-0.15, -0.1) is 5.73 Å². The lowest BCUT2D eigenvalue weighted by molar-refractivity contribution is 0.159. The Labute approximate surface area is 143 Å². The summed E-state index contributed by atoms with van der Waals surface area (Å²) >= 11 is 0. The third-order valence-corrected chi connectivity index (χ3v) is 4.48. The van der Waals surface area contributed by atoms with Crippen molar-refractivity contribution in [2.45, 2.75) is 25.6 Å². The molecule has 3 heteroatoms. The van der Waals surface area contributed by atoms with Crippen molar-refractivity contribution in [1.82, 2.24) is 0 Å². The average Bonchev–Trinajstić information content (AvgIpc) is 3.30. The molecule has 24 heavy (non-hydrogen) atoms. The molecule has 1 saturated heterocycles. The van der Waals surface area contributed by atoms with Gasteiger partial charge in [-0.05, 0) is 23.1 Å². The zero-order valence-electron chi connectivity index (χ0n) is 13.7. The van der Waals surface area contributed by atoms with Gasteiger partial charge in [-0.2, -0.15) is 0 Å². The summed E-state index contributed by atoms with van der Waals surface area (Å²) in [5, 5.41) is 0. The van der Waals surface area contributed by atoms with Crippen molar-refractivity contribution < 1.29 is 9.31 Å². The molecule has 4 rings (SSSR count). The van der Waals surface area contributed by atoms with Crippen molar-refractivity contribution in [1.29, 1.82) is 0 Å². The maximum absolute atomic E-state index is 6.30. The molecule has 1 aliphatic carbocycles. The minimum atomic E-state index is -0.374. The van der Waals surface area contributed by atoms with E-state index in [0.29, 0.717) is 0 Å². The van der Waals surface area contributed by atoms with Crippen molar-refractivity contribution in [2.75, 3.05) is 0 Å². The van der Waals surface area contributed by atoms with Gasteiger partial charge in [-0.25, -0.2) is 0 Å². The molecule has 2 nitrogen and oxygen atoms in total. The van der Waals surface area contributed by atoms with Crippen LogP contribution in [0.5, 0.6) is 0 Å². The Morgan fingerprint density at radius 2 is 1.38 bits per heavy atom. The fourth-order valence-corrected chi connectivity index (χ4v) is 3.18. The molecule has 0 amide bonds. The van der Waals surface area contributed by atoms with Gasteiger partial charge in [0.2, 0.25) is 0 Å². The summed E-state index contributed by atoms with van der Waals surface area (Å²) in [4.78, 5) is 0. The Morgan fingerprint density at radius 3 is 1.83 bits per heavy atom. The van der Waals surface area contributed by atoms with Crippen LogP contribution in [0.3, 0.4) is 0 Å². The number of benzene rings is 2. The SMILES string of the molecule is CCC1=C=C(B2O[C@@H](c3ccccc3)[C@H](c3ccccc3)O2)C=C1. The Morgan fingerprint density at radius 1 is 0.833 bits per heavy atom. The Kier molecular flexibility index (Phi) is 4.23. The van der Waals surface area contributed by atoms with E-state index in [1.807, 2.05) is 36.4 Å². The van der Waals surface area contributed by atoms with Gasteiger partial charge in [-0.1, -0.05) is 79.7 Å². The minimum Gasteiger partial charge on any atom is -0.397 e. The molecule has 0 aromatic heterocycles. The van der Waals surface area contributed by atoms with Gasteiger partial charge in [0, 0.05) is 5.47 Å². The third kappa shape index (κ3) is 2.90. The fraction of sp³-hybridized carbons (Fsp3) is 0.190. The van der Waals surface area contributed by atoms with Gasteiger partial charge in [0.25, 0.3) is 0 Å². The molecule has 0 unspecified atom stereocenters. The van der Waals surface area contributed by atoms with Crippen molar-refractivity contribution in [2.24, 2.45) is 0 Å². The summed E-state index contributed by atoms with van der Waals surface area (Å²) in [7, 11) is -0.374. The van der Waals surface area contributed by atoms with E-state index in [2.05, 4.69) is 49.1 Å². The zero-order chi connectivity index (χ0) is 16.4. The standard InChI is InChI=1S/C21H19BO2/c1-2-16-13-14-19(15-16)22-23-20(17-9-5-3-6-10-17)21(24-22)18-11-7-4-8-12-18/h3-14,20-21H,2H2,1H3/t20-,21-/m0/s1. The second kappa shape index (κ2) is 6.66. The van der Waals surface area contributed by atoms with Crippen LogP contribution in [0.25, 0.3) is 0 Å². The molecule has 1 fully saturated rings. The molecular formula is C21H19BO2. The van der Waals surface area contributed by atoms with E-state index in [9.17, 15) is 0 Å². The van der Waals surface area contributed by atoms with Crippen LogP contribution in [0.15, 0.2) is 89.6 Å². The van der Waals surface area contributed by atoms with Gasteiger partial charge in [0.05, 0.1) is 12.2 Å². The molecule has 0 spiro atoms. The van der Waals surface area contributed by atoms with Crippen molar-refractivity contribution >= 4 is 7.12 Å². The zero-order valence-corrected chi connectivity index (χ0v) is 13.7. The first-order valence-corrected chi connectivity index (χ1v) is 8.43.